The Kier molecular flexibility index (Phi) is 6.15. The highest BCUT2D eigenvalue weighted by Gasteiger charge is 2.23. The van der Waals surface area contributed by atoms with E-state index in [1.807, 2.05) is 61.5 Å². The highest BCUT2D eigenvalue weighted by molar-refractivity contribution is 5.89. The third-order valence-electron chi connectivity index (χ3n) is 3.96. The Morgan fingerprint density at radius 2 is 1.62 bits per heavy atom. The van der Waals surface area contributed by atoms with E-state index in [9.17, 15) is 4.79 Å². The maximum absolute atomic E-state index is 11.9. The van der Waals surface area contributed by atoms with Gasteiger partial charge in [0.1, 0.15) is 5.75 Å². The summed E-state index contributed by atoms with van der Waals surface area (Å²) in [6.45, 7) is 5.96. The Bertz CT molecular complexity index is 680. The van der Waals surface area contributed by atoms with Crippen LogP contribution in [0, 0.1) is 0 Å². The summed E-state index contributed by atoms with van der Waals surface area (Å²) in [4.78, 5) is 11.9. The highest BCUT2D eigenvalue weighted by Crippen LogP contribution is 2.26. The van der Waals surface area contributed by atoms with Crippen molar-refractivity contribution in [1.29, 1.82) is 0 Å². The van der Waals surface area contributed by atoms with Gasteiger partial charge in [0.05, 0.1) is 25.8 Å². The van der Waals surface area contributed by atoms with Gasteiger partial charge in [0.15, 0.2) is 0 Å². The van der Waals surface area contributed by atoms with Crippen LogP contribution in [0.1, 0.15) is 30.1 Å². The molecule has 4 nitrogen and oxygen atoms in total. The first-order chi connectivity index (χ1) is 11.6. The summed E-state index contributed by atoms with van der Waals surface area (Å²) < 4.78 is 10.0. The van der Waals surface area contributed by atoms with Crippen molar-refractivity contribution in [2.75, 3.05) is 14.2 Å². The minimum atomic E-state index is -0.418. The number of carbonyl (C=O) groups is 1. The molecule has 0 heterocycles. The third-order valence-corrected chi connectivity index (χ3v) is 3.96. The molecule has 2 atom stereocenters. The van der Waals surface area contributed by atoms with Crippen LogP contribution in [-0.4, -0.2) is 20.2 Å². The SMILES string of the molecule is C=C(C(=O)OC)[C@H](N[C@@H](C)c1ccc(OC)cc1)c1ccccc1. The summed E-state index contributed by atoms with van der Waals surface area (Å²) in [5.74, 6) is 0.391. The molecule has 0 aromatic heterocycles. The number of hydrogen-bond donors (Lipinski definition) is 1. The molecule has 4 heteroatoms. The number of esters is 1. The van der Waals surface area contributed by atoms with Crippen LogP contribution in [0.5, 0.6) is 5.75 Å². The van der Waals surface area contributed by atoms with Crippen LogP contribution in [-0.2, 0) is 9.53 Å². The van der Waals surface area contributed by atoms with Crippen molar-refractivity contribution in [3.8, 4) is 5.75 Å². The Morgan fingerprint density at radius 3 is 2.17 bits per heavy atom. The molecule has 1 N–H and O–H groups in total. The molecule has 0 fully saturated rings. The minimum absolute atomic E-state index is 0.0162. The molecule has 0 bridgehead atoms. The maximum atomic E-state index is 11.9. The van der Waals surface area contributed by atoms with Crippen molar-refractivity contribution in [2.45, 2.75) is 19.0 Å². The van der Waals surface area contributed by atoms with Gasteiger partial charge in [0, 0.05) is 6.04 Å². The Morgan fingerprint density at radius 1 is 1.00 bits per heavy atom. The number of hydrogen-bond acceptors (Lipinski definition) is 4. The second kappa shape index (κ2) is 8.31. The van der Waals surface area contributed by atoms with Crippen molar-refractivity contribution in [2.24, 2.45) is 0 Å². The van der Waals surface area contributed by atoms with Crippen LogP contribution in [0.15, 0.2) is 66.7 Å². The summed E-state index contributed by atoms with van der Waals surface area (Å²) >= 11 is 0. The molecule has 126 valence electrons. The van der Waals surface area contributed by atoms with Gasteiger partial charge in [-0.2, -0.15) is 0 Å². The summed E-state index contributed by atoms with van der Waals surface area (Å²) in [7, 11) is 3.00. The van der Waals surface area contributed by atoms with E-state index in [2.05, 4.69) is 11.9 Å². The van der Waals surface area contributed by atoms with Gasteiger partial charge in [0.2, 0.25) is 0 Å². The van der Waals surface area contributed by atoms with Crippen molar-refractivity contribution < 1.29 is 14.3 Å². The number of rotatable bonds is 7. The molecular weight excluding hydrogens is 302 g/mol. The maximum Gasteiger partial charge on any atom is 0.335 e. The molecule has 0 saturated heterocycles. The molecular formula is C20H23NO3. The molecule has 2 aromatic carbocycles. The molecule has 0 spiro atoms. The first kappa shape index (κ1) is 17.8. The monoisotopic (exact) mass is 325 g/mol. The molecule has 24 heavy (non-hydrogen) atoms. The van der Waals surface area contributed by atoms with Crippen molar-refractivity contribution in [3.63, 3.8) is 0 Å². The lowest BCUT2D eigenvalue weighted by Gasteiger charge is -2.25. The lowest BCUT2D eigenvalue weighted by Crippen LogP contribution is -2.29. The van der Waals surface area contributed by atoms with Gasteiger partial charge in [0.25, 0.3) is 0 Å². The van der Waals surface area contributed by atoms with E-state index in [4.69, 9.17) is 9.47 Å². The number of carbonyl (C=O) groups excluding carboxylic acids is 1. The predicted molar refractivity (Wildman–Crippen MR) is 94.9 cm³/mol. The molecule has 0 amide bonds. The Hall–Kier alpha value is -2.59. The first-order valence-electron chi connectivity index (χ1n) is 7.79. The summed E-state index contributed by atoms with van der Waals surface area (Å²) in [5.41, 5.74) is 2.44. The third kappa shape index (κ3) is 4.24. The van der Waals surface area contributed by atoms with Gasteiger partial charge >= 0.3 is 5.97 Å². The highest BCUT2D eigenvalue weighted by atomic mass is 16.5. The van der Waals surface area contributed by atoms with E-state index < -0.39 is 5.97 Å². The second-order valence-electron chi connectivity index (χ2n) is 5.52. The van der Waals surface area contributed by atoms with E-state index in [1.54, 1.807) is 7.11 Å². The number of methoxy groups -OCH3 is 2. The van der Waals surface area contributed by atoms with Crippen molar-refractivity contribution in [3.05, 3.63) is 77.9 Å². The van der Waals surface area contributed by atoms with Gasteiger partial charge < -0.3 is 9.47 Å². The largest absolute Gasteiger partial charge is 0.497 e. The number of ether oxygens (including phenoxy) is 2. The van der Waals surface area contributed by atoms with Crippen LogP contribution in [0.3, 0.4) is 0 Å². The average Bonchev–Trinajstić information content (AvgIpc) is 2.65. The van der Waals surface area contributed by atoms with Crippen LogP contribution >= 0.6 is 0 Å². The molecule has 0 unspecified atom stereocenters. The molecule has 0 aliphatic rings. The zero-order chi connectivity index (χ0) is 17.5. The zero-order valence-corrected chi connectivity index (χ0v) is 14.3. The van der Waals surface area contributed by atoms with Crippen LogP contribution in [0.4, 0.5) is 0 Å². The van der Waals surface area contributed by atoms with Crippen molar-refractivity contribution in [1.82, 2.24) is 5.32 Å². The number of benzene rings is 2. The normalized spacial score (nSPS) is 13.0. The molecule has 0 radical (unpaired) electrons. The molecule has 0 aliphatic carbocycles. The van der Waals surface area contributed by atoms with Gasteiger partial charge in [-0.15, -0.1) is 0 Å². The van der Waals surface area contributed by atoms with Crippen molar-refractivity contribution >= 4 is 5.97 Å². The lowest BCUT2D eigenvalue weighted by molar-refractivity contribution is -0.136. The summed E-state index contributed by atoms with van der Waals surface area (Å²) in [5, 5.41) is 3.46. The van der Waals surface area contributed by atoms with Gasteiger partial charge in [-0.05, 0) is 30.2 Å². The number of nitrogens with one attached hydrogen (secondary N) is 1. The van der Waals surface area contributed by atoms with E-state index in [0.717, 1.165) is 16.9 Å². The van der Waals surface area contributed by atoms with Crippen LogP contribution in [0.2, 0.25) is 0 Å². The fraction of sp³-hybridized carbons (Fsp3) is 0.250. The van der Waals surface area contributed by atoms with Gasteiger partial charge in [-0.1, -0.05) is 49.0 Å². The fourth-order valence-corrected chi connectivity index (χ4v) is 2.53. The zero-order valence-electron chi connectivity index (χ0n) is 14.3. The van der Waals surface area contributed by atoms with Gasteiger partial charge in [-0.3, -0.25) is 5.32 Å². The standard InChI is InChI=1S/C20H23NO3/c1-14(20(22)24-4)19(17-8-6-5-7-9-17)21-15(2)16-10-12-18(23-3)13-11-16/h5-13,15,19,21H,1H2,2-4H3/t15-,19-/m0/s1. The van der Waals surface area contributed by atoms with E-state index >= 15 is 0 Å². The van der Waals surface area contributed by atoms with E-state index in [0.29, 0.717) is 5.57 Å². The predicted octanol–water partition coefficient (Wildman–Crippen LogP) is 3.82. The second-order valence-corrected chi connectivity index (χ2v) is 5.52. The van der Waals surface area contributed by atoms with E-state index in [-0.39, 0.29) is 12.1 Å². The summed E-state index contributed by atoms with van der Waals surface area (Å²) in [6, 6.07) is 17.3. The minimum Gasteiger partial charge on any atom is -0.497 e. The van der Waals surface area contributed by atoms with E-state index in [1.165, 1.54) is 7.11 Å². The molecule has 2 aromatic rings. The van der Waals surface area contributed by atoms with Crippen LogP contribution in [0.25, 0.3) is 0 Å². The van der Waals surface area contributed by atoms with Gasteiger partial charge in [-0.25, -0.2) is 4.79 Å². The molecule has 0 saturated carbocycles. The fourth-order valence-electron chi connectivity index (χ4n) is 2.53. The average molecular weight is 325 g/mol. The Labute approximate surface area is 143 Å². The topological polar surface area (TPSA) is 47.6 Å². The molecule has 0 aliphatic heterocycles. The quantitative estimate of drug-likeness (QED) is 0.621. The lowest BCUT2D eigenvalue weighted by atomic mass is 9.97. The smallest absolute Gasteiger partial charge is 0.335 e. The summed E-state index contributed by atoms with van der Waals surface area (Å²) in [6.07, 6.45) is 0. The Balaban J connectivity index is 2.23. The molecule has 2 rings (SSSR count). The first-order valence-corrected chi connectivity index (χ1v) is 7.79. The van der Waals surface area contributed by atoms with Crippen LogP contribution < -0.4 is 10.1 Å².